The fraction of sp³-hybridized carbons (Fsp3) is 0. The summed E-state index contributed by atoms with van der Waals surface area (Å²) in [5, 5.41) is 0. The summed E-state index contributed by atoms with van der Waals surface area (Å²) >= 11 is 3.21. The molecule has 0 aliphatic heterocycles. The number of aromatic nitrogens is 2. The summed E-state index contributed by atoms with van der Waals surface area (Å²) in [6.45, 7) is 0. The smallest absolute Gasteiger partial charge is 0.171 e. The maximum atomic E-state index is 10.7. The molecule has 0 spiro atoms. The quantitative estimate of drug-likeness (QED) is 0.765. The molecule has 2 aromatic rings. The van der Waals surface area contributed by atoms with Gasteiger partial charge in [-0.2, -0.15) is 0 Å². The Morgan fingerprint density at radius 1 is 1.29 bits per heavy atom. The second-order valence-electron chi connectivity index (χ2n) is 2.67. The van der Waals surface area contributed by atoms with Gasteiger partial charge in [-0.3, -0.25) is 14.0 Å². The van der Waals surface area contributed by atoms with Gasteiger partial charge in [0.15, 0.2) is 12.6 Å². The molecule has 0 N–H and O–H groups in total. The number of pyridine rings is 1. The lowest BCUT2D eigenvalue weighted by Crippen LogP contribution is -1.94. The van der Waals surface area contributed by atoms with Crippen molar-refractivity contribution in [3.8, 4) is 0 Å². The molecule has 14 heavy (non-hydrogen) atoms. The molecule has 0 aliphatic rings. The van der Waals surface area contributed by atoms with Crippen molar-refractivity contribution in [2.75, 3.05) is 0 Å². The molecule has 2 aromatic heterocycles. The van der Waals surface area contributed by atoms with Gasteiger partial charge in [0.25, 0.3) is 0 Å². The molecule has 2 heterocycles. The Hall–Kier alpha value is -1.49. The highest BCUT2D eigenvalue weighted by Gasteiger charge is 2.10. The molecule has 0 saturated heterocycles. The van der Waals surface area contributed by atoms with Crippen LogP contribution in [-0.4, -0.2) is 22.0 Å². The van der Waals surface area contributed by atoms with Gasteiger partial charge in [-0.05, 0) is 28.1 Å². The molecular weight excluding hydrogens is 248 g/mol. The van der Waals surface area contributed by atoms with Gasteiger partial charge in [0, 0.05) is 0 Å². The van der Waals surface area contributed by atoms with Crippen molar-refractivity contribution in [3.05, 3.63) is 34.2 Å². The van der Waals surface area contributed by atoms with E-state index in [4.69, 9.17) is 0 Å². The number of hydrogen-bond acceptors (Lipinski definition) is 3. The molecule has 0 aliphatic carbocycles. The first kappa shape index (κ1) is 9.08. The molecule has 0 amide bonds. The number of carbonyl (C=O) groups excluding carboxylic acids is 2. The lowest BCUT2D eigenvalue weighted by Gasteiger charge is -1.97. The second-order valence-corrected chi connectivity index (χ2v) is 3.42. The highest BCUT2D eigenvalue weighted by atomic mass is 79.9. The monoisotopic (exact) mass is 252 g/mol. The van der Waals surface area contributed by atoms with Crippen molar-refractivity contribution < 1.29 is 9.59 Å². The van der Waals surface area contributed by atoms with Crippen LogP contribution in [-0.2, 0) is 0 Å². The average molecular weight is 253 g/mol. The zero-order chi connectivity index (χ0) is 10.1. The predicted octanol–water partition coefficient (Wildman–Crippen LogP) is 1.72. The SMILES string of the molecule is O=Cc1nc2cccc(C=O)n2c1Br. The summed E-state index contributed by atoms with van der Waals surface area (Å²) in [5.41, 5.74) is 1.32. The van der Waals surface area contributed by atoms with Crippen LogP contribution in [0.4, 0.5) is 0 Å². The highest BCUT2D eigenvalue weighted by molar-refractivity contribution is 9.10. The van der Waals surface area contributed by atoms with E-state index in [9.17, 15) is 9.59 Å². The third-order valence-corrected chi connectivity index (χ3v) is 2.64. The summed E-state index contributed by atoms with van der Waals surface area (Å²) in [7, 11) is 0. The molecule has 0 fully saturated rings. The number of aldehydes is 2. The van der Waals surface area contributed by atoms with Gasteiger partial charge in [0.05, 0.1) is 5.69 Å². The van der Waals surface area contributed by atoms with Crippen LogP contribution in [0.3, 0.4) is 0 Å². The maximum Gasteiger partial charge on any atom is 0.171 e. The number of nitrogens with zero attached hydrogens (tertiary/aromatic N) is 2. The van der Waals surface area contributed by atoms with E-state index in [-0.39, 0.29) is 0 Å². The Bertz CT molecular complexity index is 519. The lowest BCUT2D eigenvalue weighted by molar-refractivity contribution is 0.110. The van der Waals surface area contributed by atoms with Crippen molar-refractivity contribution in [3.63, 3.8) is 0 Å². The van der Waals surface area contributed by atoms with E-state index in [2.05, 4.69) is 20.9 Å². The number of fused-ring (bicyclic) bond motifs is 1. The van der Waals surface area contributed by atoms with E-state index in [1.54, 1.807) is 22.6 Å². The van der Waals surface area contributed by atoms with Crippen molar-refractivity contribution in [2.24, 2.45) is 0 Å². The minimum Gasteiger partial charge on any atom is -0.296 e. The highest BCUT2D eigenvalue weighted by Crippen LogP contribution is 2.18. The van der Waals surface area contributed by atoms with Gasteiger partial charge in [-0.1, -0.05) is 6.07 Å². The zero-order valence-electron chi connectivity index (χ0n) is 6.98. The number of carbonyl (C=O) groups is 2. The Morgan fingerprint density at radius 2 is 2.07 bits per heavy atom. The van der Waals surface area contributed by atoms with Crippen molar-refractivity contribution in [1.82, 2.24) is 9.38 Å². The lowest BCUT2D eigenvalue weighted by atomic mass is 10.4. The number of hydrogen-bond donors (Lipinski definition) is 0. The third-order valence-electron chi connectivity index (χ3n) is 1.87. The fourth-order valence-electron chi connectivity index (χ4n) is 1.27. The minimum atomic E-state index is 0.291. The first-order valence-electron chi connectivity index (χ1n) is 3.85. The van der Waals surface area contributed by atoms with Gasteiger partial charge in [0.2, 0.25) is 0 Å². The van der Waals surface area contributed by atoms with Crippen molar-refractivity contribution in [1.29, 1.82) is 0 Å². The van der Waals surface area contributed by atoms with Crippen LogP contribution in [0.15, 0.2) is 22.8 Å². The molecule has 0 atom stereocenters. The number of imidazole rings is 1. The molecule has 0 unspecified atom stereocenters. The standard InChI is InChI=1S/C9H5BrN2O2/c10-9-7(5-14)11-8-3-1-2-6(4-13)12(8)9/h1-5H. The maximum absolute atomic E-state index is 10.7. The van der Waals surface area contributed by atoms with Crippen LogP contribution >= 0.6 is 15.9 Å². The topological polar surface area (TPSA) is 51.4 Å². The summed E-state index contributed by atoms with van der Waals surface area (Å²) in [6, 6.07) is 5.10. The average Bonchev–Trinajstić information content (AvgIpc) is 2.55. The molecular formula is C9H5BrN2O2. The van der Waals surface area contributed by atoms with Gasteiger partial charge in [0.1, 0.15) is 15.9 Å². The van der Waals surface area contributed by atoms with Crippen molar-refractivity contribution >= 4 is 34.1 Å². The Labute approximate surface area is 87.7 Å². The van der Waals surface area contributed by atoms with E-state index >= 15 is 0 Å². The van der Waals surface area contributed by atoms with Gasteiger partial charge in [-0.25, -0.2) is 4.98 Å². The Morgan fingerprint density at radius 3 is 2.71 bits per heavy atom. The molecule has 0 aromatic carbocycles. The van der Waals surface area contributed by atoms with Gasteiger partial charge >= 0.3 is 0 Å². The molecule has 0 bridgehead atoms. The van der Waals surface area contributed by atoms with E-state index in [1.165, 1.54) is 0 Å². The third kappa shape index (κ3) is 1.17. The summed E-state index contributed by atoms with van der Waals surface area (Å²) < 4.78 is 2.08. The van der Waals surface area contributed by atoms with Crippen LogP contribution in [0.25, 0.3) is 5.65 Å². The van der Waals surface area contributed by atoms with Crippen LogP contribution in [0, 0.1) is 0 Å². The van der Waals surface area contributed by atoms with Gasteiger partial charge < -0.3 is 0 Å². The second kappa shape index (κ2) is 3.34. The number of rotatable bonds is 2. The van der Waals surface area contributed by atoms with Crippen LogP contribution < -0.4 is 0 Å². The molecule has 5 heteroatoms. The van der Waals surface area contributed by atoms with Crippen LogP contribution in [0.5, 0.6) is 0 Å². The Kier molecular flexibility index (Phi) is 2.17. The first-order chi connectivity index (χ1) is 6.77. The minimum absolute atomic E-state index is 0.291. The largest absolute Gasteiger partial charge is 0.296 e. The Balaban J connectivity index is 2.92. The summed E-state index contributed by atoms with van der Waals surface area (Å²) in [4.78, 5) is 25.3. The zero-order valence-corrected chi connectivity index (χ0v) is 8.56. The first-order valence-corrected chi connectivity index (χ1v) is 4.64. The summed E-state index contributed by atoms with van der Waals surface area (Å²) in [5.74, 6) is 0. The normalized spacial score (nSPS) is 10.4. The van der Waals surface area contributed by atoms with Crippen LogP contribution in [0.2, 0.25) is 0 Å². The van der Waals surface area contributed by atoms with Gasteiger partial charge in [-0.15, -0.1) is 0 Å². The van der Waals surface area contributed by atoms with Crippen LogP contribution in [0.1, 0.15) is 21.0 Å². The fourth-order valence-corrected chi connectivity index (χ4v) is 1.83. The van der Waals surface area contributed by atoms with Crippen molar-refractivity contribution in [2.45, 2.75) is 0 Å². The predicted molar refractivity (Wildman–Crippen MR) is 53.7 cm³/mol. The van der Waals surface area contributed by atoms with E-state index < -0.39 is 0 Å². The molecule has 0 radical (unpaired) electrons. The molecule has 0 saturated carbocycles. The van der Waals surface area contributed by atoms with E-state index in [1.807, 2.05) is 0 Å². The van der Waals surface area contributed by atoms with E-state index in [0.717, 1.165) is 0 Å². The molecule has 4 nitrogen and oxygen atoms in total. The van der Waals surface area contributed by atoms with E-state index in [0.29, 0.717) is 34.2 Å². The summed E-state index contributed by atoms with van der Waals surface area (Å²) in [6.07, 6.45) is 1.36. The molecule has 2 rings (SSSR count). The molecule has 70 valence electrons. The number of halogens is 1.